The van der Waals surface area contributed by atoms with E-state index in [0.717, 1.165) is 25.7 Å². The summed E-state index contributed by atoms with van der Waals surface area (Å²) in [5, 5.41) is 11.4. The van der Waals surface area contributed by atoms with Crippen LogP contribution in [0.5, 0.6) is 0 Å². The van der Waals surface area contributed by atoms with Gasteiger partial charge in [-0.05, 0) is 31.9 Å². The van der Waals surface area contributed by atoms with Gasteiger partial charge in [0, 0.05) is 18.2 Å². The van der Waals surface area contributed by atoms with Crippen LogP contribution in [-0.4, -0.2) is 26.9 Å². The number of amides is 1. The molecule has 0 saturated heterocycles. The summed E-state index contributed by atoms with van der Waals surface area (Å²) in [7, 11) is 0. The van der Waals surface area contributed by atoms with Crippen molar-refractivity contribution in [1.82, 2.24) is 20.3 Å². The van der Waals surface area contributed by atoms with Crippen molar-refractivity contribution in [2.24, 2.45) is 0 Å². The average molecular weight is 410 g/mol. The largest absolute Gasteiger partial charge is 0.463 e. The molecule has 0 bridgehead atoms. The third-order valence-electron chi connectivity index (χ3n) is 5.41. The van der Waals surface area contributed by atoms with Crippen LogP contribution in [0.1, 0.15) is 50.6 Å². The Morgan fingerprint density at radius 1 is 1.17 bits per heavy atom. The first-order valence-corrected chi connectivity index (χ1v) is 10.5. The molecule has 4 rings (SSSR count). The zero-order valence-electron chi connectivity index (χ0n) is 17.1. The zero-order chi connectivity index (χ0) is 20.9. The van der Waals surface area contributed by atoms with Crippen LogP contribution in [0.25, 0.3) is 22.8 Å². The molecule has 0 aromatic carbocycles. The molecule has 1 amide bonds. The molecule has 3 aromatic heterocycles. The smallest absolute Gasteiger partial charge is 0.268 e. The van der Waals surface area contributed by atoms with Crippen molar-refractivity contribution in [2.75, 3.05) is 0 Å². The topological polar surface area (TPSA) is 103 Å². The number of carbonyl (C=O) groups is 1. The molecule has 3 aromatic rings. The van der Waals surface area contributed by atoms with Crippen molar-refractivity contribution in [1.29, 1.82) is 0 Å². The van der Waals surface area contributed by atoms with Gasteiger partial charge in [0.1, 0.15) is 12.2 Å². The first-order valence-electron chi connectivity index (χ1n) is 10.5. The van der Waals surface area contributed by atoms with E-state index in [0.29, 0.717) is 28.5 Å². The Balaban J connectivity index is 1.58. The number of aromatic nitrogens is 3. The number of nitrogens with zero attached hydrogens (tertiary/aromatic N) is 3. The predicted molar refractivity (Wildman–Crippen MR) is 111 cm³/mol. The summed E-state index contributed by atoms with van der Waals surface area (Å²) >= 11 is 0. The molecule has 1 aliphatic carbocycles. The highest BCUT2D eigenvalue weighted by Gasteiger charge is 2.20. The van der Waals surface area contributed by atoms with Gasteiger partial charge in [0.05, 0.1) is 17.5 Å². The maximum atomic E-state index is 12.7. The Hall–Kier alpha value is -3.16. The Bertz CT molecular complexity index is 1040. The molecule has 1 N–H and O–H groups in total. The molecular weight excluding hydrogens is 384 g/mol. The van der Waals surface area contributed by atoms with E-state index in [4.69, 9.17) is 8.94 Å². The van der Waals surface area contributed by atoms with Gasteiger partial charge in [0.25, 0.3) is 5.56 Å². The van der Waals surface area contributed by atoms with Crippen LogP contribution >= 0.6 is 0 Å². The molecule has 8 heteroatoms. The van der Waals surface area contributed by atoms with E-state index in [-0.39, 0.29) is 24.1 Å². The fourth-order valence-corrected chi connectivity index (χ4v) is 3.89. The van der Waals surface area contributed by atoms with E-state index in [1.165, 1.54) is 36.3 Å². The normalized spacial score (nSPS) is 15.5. The van der Waals surface area contributed by atoms with Gasteiger partial charge >= 0.3 is 0 Å². The first kappa shape index (κ1) is 20.1. The van der Waals surface area contributed by atoms with Gasteiger partial charge in [0.15, 0.2) is 11.5 Å². The summed E-state index contributed by atoms with van der Waals surface area (Å²) in [4.78, 5) is 25.3. The maximum Gasteiger partial charge on any atom is 0.268 e. The summed E-state index contributed by atoms with van der Waals surface area (Å²) in [6.07, 6.45) is 9.43. The van der Waals surface area contributed by atoms with E-state index in [2.05, 4.69) is 15.6 Å². The van der Waals surface area contributed by atoms with Crippen molar-refractivity contribution >= 4 is 5.91 Å². The fraction of sp³-hybridized carbons (Fsp3) is 0.455. The molecular formula is C22H26N4O4. The van der Waals surface area contributed by atoms with Crippen LogP contribution in [-0.2, 0) is 11.3 Å². The van der Waals surface area contributed by atoms with Crippen LogP contribution in [0.15, 0.2) is 44.3 Å². The van der Waals surface area contributed by atoms with Gasteiger partial charge in [-0.3, -0.25) is 9.59 Å². The third kappa shape index (κ3) is 4.69. The molecule has 8 nitrogen and oxygen atoms in total. The highest BCUT2D eigenvalue weighted by Crippen LogP contribution is 2.29. The third-order valence-corrected chi connectivity index (χ3v) is 5.41. The van der Waals surface area contributed by atoms with Crippen LogP contribution in [0, 0.1) is 6.92 Å². The molecule has 0 spiro atoms. The van der Waals surface area contributed by atoms with Crippen molar-refractivity contribution in [3.8, 4) is 22.8 Å². The lowest BCUT2D eigenvalue weighted by Crippen LogP contribution is -2.39. The quantitative estimate of drug-likeness (QED) is 0.688. The van der Waals surface area contributed by atoms with Gasteiger partial charge in [-0.2, -0.15) is 5.10 Å². The monoisotopic (exact) mass is 410 g/mol. The number of nitrogens with one attached hydrogen (secondary N) is 1. The van der Waals surface area contributed by atoms with E-state index in [9.17, 15) is 9.59 Å². The number of hydrogen-bond donors (Lipinski definition) is 1. The second-order valence-electron chi connectivity index (χ2n) is 7.82. The Morgan fingerprint density at radius 2 is 1.93 bits per heavy atom. The maximum absolute atomic E-state index is 12.7. The number of hydrogen-bond acceptors (Lipinski definition) is 6. The summed E-state index contributed by atoms with van der Waals surface area (Å²) < 4.78 is 12.0. The Kier molecular flexibility index (Phi) is 6.11. The van der Waals surface area contributed by atoms with Gasteiger partial charge in [-0.1, -0.05) is 37.3 Å². The van der Waals surface area contributed by atoms with Gasteiger partial charge in [0.2, 0.25) is 5.91 Å². The summed E-state index contributed by atoms with van der Waals surface area (Å²) in [5.41, 5.74) is 1.21. The molecule has 0 radical (unpaired) electrons. The summed E-state index contributed by atoms with van der Waals surface area (Å²) in [6.45, 7) is 1.66. The second kappa shape index (κ2) is 9.11. The molecule has 1 aliphatic rings. The van der Waals surface area contributed by atoms with E-state index < -0.39 is 0 Å². The molecule has 0 aliphatic heterocycles. The van der Waals surface area contributed by atoms with Gasteiger partial charge in [-0.15, -0.1) is 0 Å². The van der Waals surface area contributed by atoms with Crippen molar-refractivity contribution in [2.45, 2.75) is 64.5 Å². The summed E-state index contributed by atoms with van der Waals surface area (Å²) in [5.74, 6) is 0.701. The van der Waals surface area contributed by atoms with E-state index in [1.54, 1.807) is 25.1 Å². The lowest BCUT2D eigenvalue weighted by molar-refractivity contribution is -0.122. The van der Waals surface area contributed by atoms with Crippen molar-refractivity contribution < 1.29 is 13.7 Å². The first-order chi connectivity index (χ1) is 14.6. The molecule has 158 valence electrons. The molecule has 1 fully saturated rings. The number of furan rings is 1. The molecule has 3 heterocycles. The number of rotatable bonds is 5. The molecule has 30 heavy (non-hydrogen) atoms. The van der Waals surface area contributed by atoms with Crippen LogP contribution in [0.3, 0.4) is 0 Å². The highest BCUT2D eigenvalue weighted by molar-refractivity contribution is 5.77. The lowest BCUT2D eigenvalue weighted by atomic mass is 9.97. The predicted octanol–water partition coefficient (Wildman–Crippen LogP) is 3.70. The summed E-state index contributed by atoms with van der Waals surface area (Å²) in [6, 6.07) is 6.79. The second-order valence-corrected chi connectivity index (χ2v) is 7.82. The fourth-order valence-electron chi connectivity index (χ4n) is 3.89. The molecule has 0 atom stereocenters. The minimum Gasteiger partial charge on any atom is -0.463 e. The minimum absolute atomic E-state index is 0.140. The van der Waals surface area contributed by atoms with E-state index >= 15 is 0 Å². The number of carbonyl (C=O) groups excluding carboxylic acids is 1. The SMILES string of the molecule is Cc1cc(-c2cc(=O)n(CC(=O)NC3CCCCCCC3)nc2-c2ccco2)on1. The Morgan fingerprint density at radius 3 is 2.60 bits per heavy atom. The van der Waals surface area contributed by atoms with Crippen LogP contribution in [0.2, 0.25) is 0 Å². The zero-order valence-corrected chi connectivity index (χ0v) is 17.1. The molecule has 0 unspecified atom stereocenters. The van der Waals surface area contributed by atoms with Crippen LogP contribution < -0.4 is 10.9 Å². The van der Waals surface area contributed by atoms with Crippen molar-refractivity contribution in [3.05, 3.63) is 46.6 Å². The number of aryl methyl sites for hydroxylation is 1. The van der Waals surface area contributed by atoms with Crippen LogP contribution in [0.4, 0.5) is 0 Å². The Labute approximate surface area is 174 Å². The van der Waals surface area contributed by atoms with Gasteiger partial charge in [-0.25, -0.2) is 4.68 Å². The highest BCUT2D eigenvalue weighted by atomic mass is 16.5. The molecule has 1 saturated carbocycles. The standard InChI is InChI=1S/C22H26N4O4/c1-15-12-19(30-25-15)17-13-21(28)26(24-22(17)18-10-7-11-29-18)14-20(27)23-16-8-5-3-2-4-6-9-16/h7,10-13,16H,2-6,8-9,14H2,1H3,(H,23,27). The average Bonchev–Trinajstić information content (AvgIpc) is 3.37. The van der Waals surface area contributed by atoms with Gasteiger partial charge < -0.3 is 14.3 Å². The lowest BCUT2D eigenvalue weighted by Gasteiger charge is -2.21. The van der Waals surface area contributed by atoms with E-state index in [1.807, 2.05) is 0 Å². The van der Waals surface area contributed by atoms with Crippen molar-refractivity contribution in [3.63, 3.8) is 0 Å². The minimum atomic E-state index is -0.387.